The molecule has 0 aliphatic heterocycles. The Bertz CT molecular complexity index is 433. The minimum absolute atomic E-state index is 0.256. The quantitative estimate of drug-likeness (QED) is 0.401. The van der Waals surface area contributed by atoms with Gasteiger partial charge in [0.2, 0.25) is 0 Å². The molecule has 18 heavy (non-hydrogen) atoms. The van der Waals surface area contributed by atoms with Gasteiger partial charge in [0.15, 0.2) is 0 Å². The maximum Gasteiger partial charge on any atom is 0.129 e. The molecule has 0 aromatic heterocycles. The van der Waals surface area contributed by atoms with Gasteiger partial charge in [0.1, 0.15) is 5.78 Å². The van der Waals surface area contributed by atoms with Crippen molar-refractivity contribution < 1.29 is 4.79 Å². The molecule has 0 saturated heterocycles. The molecular weight excluding hydrogens is 244 g/mol. The van der Waals surface area contributed by atoms with Crippen LogP contribution in [0.25, 0.3) is 0 Å². The second-order valence-electron chi connectivity index (χ2n) is 3.57. The van der Waals surface area contributed by atoms with Gasteiger partial charge in [0, 0.05) is 12.0 Å². The van der Waals surface area contributed by atoms with Crippen LogP contribution in [-0.2, 0) is 4.79 Å². The summed E-state index contributed by atoms with van der Waals surface area (Å²) in [6, 6.07) is 0. The Kier molecular flexibility index (Phi) is 12.1. The predicted octanol–water partition coefficient (Wildman–Crippen LogP) is 4.01. The Balaban J connectivity index is 3.66. The highest BCUT2D eigenvalue weighted by Crippen LogP contribution is 2.00. The highest BCUT2D eigenvalue weighted by atomic mass is 35.5. The largest absolute Gasteiger partial charge is 0.300 e. The van der Waals surface area contributed by atoms with Gasteiger partial charge in [0.25, 0.3) is 0 Å². The summed E-state index contributed by atoms with van der Waals surface area (Å²) >= 11 is 5.32. The van der Waals surface area contributed by atoms with Gasteiger partial charge in [0.05, 0.1) is 0 Å². The van der Waals surface area contributed by atoms with Crippen LogP contribution in [0.2, 0.25) is 0 Å². The molecular formula is C16H17ClO. The molecule has 0 aliphatic carbocycles. The lowest BCUT2D eigenvalue weighted by Crippen LogP contribution is -1.88. The Labute approximate surface area is 115 Å². The molecule has 0 aromatic carbocycles. The summed E-state index contributed by atoms with van der Waals surface area (Å²) in [4.78, 5) is 10.7. The fraction of sp³-hybridized carbons (Fsp3) is 0.312. The van der Waals surface area contributed by atoms with Crippen LogP contribution in [-0.4, -0.2) is 5.78 Å². The monoisotopic (exact) mass is 260 g/mol. The average molecular weight is 261 g/mol. The predicted molar refractivity (Wildman–Crippen MR) is 78.0 cm³/mol. The number of carbonyl (C=O) groups excluding carboxylic acids is 1. The molecule has 0 aromatic rings. The fourth-order valence-corrected chi connectivity index (χ4v) is 1.16. The van der Waals surface area contributed by atoms with E-state index in [2.05, 4.69) is 23.7 Å². The van der Waals surface area contributed by atoms with Crippen LogP contribution in [0.15, 0.2) is 35.9 Å². The third kappa shape index (κ3) is 14.3. The molecule has 1 nitrogen and oxygen atoms in total. The van der Waals surface area contributed by atoms with Crippen LogP contribution in [0.5, 0.6) is 0 Å². The molecule has 94 valence electrons. The highest BCUT2D eigenvalue weighted by molar-refractivity contribution is 6.25. The molecule has 0 radical (unpaired) electrons. The number of Topliss-reactive ketones (excluding diaryl/α,β-unsaturated/α-hetero) is 1. The van der Waals surface area contributed by atoms with Crippen molar-refractivity contribution in [3.63, 3.8) is 0 Å². The number of ketones is 1. The molecule has 0 bridgehead atoms. The van der Waals surface area contributed by atoms with Crippen LogP contribution in [0.4, 0.5) is 0 Å². The van der Waals surface area contributed by atoms with E-state index >= 15 is 0 Å². The van der Waals surface area contributed by atoms with E-state index in [0.29, 0.717) is 6.42 Å². The molecule has 0 N–H and O–H groups in total. The molecule has 0 amide bonds. The molecule has 0 aliphatic rings. The minimum atomic E-state index is 0.256. The molecule has 0 fully saturated rings. The van der Waals surface area contributed by atoms with Gasteiger partial charge in [-0.2, -0.15) is 0 Å². The van der Waals surface area contributed by atoms with E-state index < -0.39 is 0 Å². The lowest BCUT2D eigenvalue weighted by molar-refractivity contribution is -0.117. The van der Waals surface area contributed by atoms with Gasteiger partial charge >= 0.3 is 0 Å². The zero-order valence-electron chi connectivity index (χ0n) is 10.6. The number of carbonyl (C=O) groups is 1. The second-order valence-corrected chi connectivity index (χ2v) is 3.82. The van der Waals surface area contributed by atoms with Crippen LogP contribution in [0.3, 0.4) is 0 Å². The number of rotatable bonds is 6. The first-order valence-corrected chi connectivity index (χ1v) is 6.28. The summed E-state index contributed by atoms with van der Waals surface area (Å²) < 4.78 is 0. The Hall–Kier alpha value is -1.70. The number of unbranched alkanes of at least 4 members (excludes halogenated alkanes) is 2. The van der Waals surface area contributed by atoms with Crippen molar-refractivity contribution in [2.24, 2.45) is 0 Å². The number of hydrogen-bond acceptors (Lipinski definition) is 1. The Morgan fingerprint density at radius 3 is 2.50 bits per heavy atom. The highest BCUT2D eigenvalue weighted by Gasteiger charge is 1.90. The van der Waals surface area contributed by atoms with Gasteiger partial charge in [-0.1, -0.05) is 41.7 Å². The van der Waals surface area contributed by atoms with Crippen molar-refractivity contribution in [2.75, 3.05) is 0 Å². The van der Waals surface area contributed by atoms with Crippen molar-refractivity contribution in [1.82, 2.24) is 0 Å². The first-order valence-electron chi connectivity index (χ1n) is 5.84. The van der Waals surface area contributed by atoms with Crippen molar-refractivity contribution in [1.29, 1.82) is 0 Å². The van der Waals surface area contributed by atoms with Crippen molar-refractivity contribution in [2.45, 2.75) is 32.6 Å². The van der Waals surface area contributed by atoms with E-state index in [4.69, 9.17) is 11.6 Å². The first kappa shape index (κ1) is 16.3. The topological polar surface area (TPSA) is 17.1 Å². The molecule has 0 atom stereocenters. The van der Waals surface area contributed by atoms with Gasteiger partial charge in [-0.25, -0.2) is 0 Å². The van der Waals surface area contributed by atoms with E-state index in [-0.39, 0.29) is 5.78 Å². The summed E-state index contributed by atoms with van der Waals surface area (Å²) in [6.07, 6.45) is 12.5. The van der Waals surface area contributed by atoms with E-state index in [1.807, 2.05) is 6.08 Å². The van der Waals surface area contributed by atoms with Gasteiger partial charge in [-0.3, -0.25) is 0 Å². The van der Waals surface area contributed by atoms with Crippen molar-refractivity contribution in [3.05, 3.63) is 35.9 Å². The van der Waals surface area contributed by atoms with E-state index in [0.717, 1.165) is 19.3 Å². The lowest BCUT2D eigenvalue weighted by atomic mass is 10.1. The summed E-state index contributed by atoms with van der Waals surface area (Å²) in [6.45, 7) is 1.62. The fourth-order valence-electron chi connectivity index (χ4n) is 1.08. The summed E-state index contributed by atoms with van der Waals surface area (Å²) in [5, 5.41) is 0. The molecule has 0 heterocycles. The van der Waals surface area contributed by atoms with Crippen LogP contribution >= 0.6 is 11.6 Å². The molecule has 0 saturated carbocycles. The van der Waals surface area contributed by atoms with Crippen LogP contribution < -0.4 is 0 Å². The molecule has 0 rings (SSSR count). The van der Waals surface area contributed by atoms with Gasteiger partial charge < -0.3 is 4.79 Å². The lowest BCUT2D eigenvalue weighted by Gasteiger charge is -1.92. The smallest absolute Gasteiger partial charge is 0.129 e. The van der Waals surface area contributed by atoms with E-state index in [1.165, 1.54) is 5.54 Å². The Morgan fingerprint density at radius 2 is 1.83 bits per heavy atom. The second kappa shape index (κ2) is 13.4. The van der Waals surface area contributed by atoms with E-state index in [9.17, 15) is 4.79 Å². The third-order valence-electron chi connectivity index (χ3n) is 1.92. The van der Waals surface area contributed by atoms with Crippen molar-refractivity contribution in [3.8, 4) is 23.7 Å². The number of allylic oxidation sites excluding steroid dienone is 5. The van der Waals surface area contributed by atoms with Gasteiger partial charge in [-0.15, -0.1) is 0 Å². The summed E-state index contributed by atoms with van der Waals surface area (Å²) in [5.41, 5.74) is 1.42. The summed E-state index contributed by atoms with van der Waals surface area (Å²) in [5.74, 6) is 11.2. The molecule has 2 heteroatoms. The molecule has 0 unspecified atom stereocenters. The number of halogens is 1. The molecule has 0 spiro atoms. The first-order chi connectivity index (χ1) is 8.77. The number of hydrogen-bond donors (Lipinski definition) is 0. The maximum absolute atomic E-state index is 10.7. The van der Waals surface area contributed by atoms with Crippen molar-refractivity contribution >= 4 is 17.4 Å². The van der Waals surface area contributed by atoms with Crippen LogP contribution in [0.1, 0.15) is 32.6 Å². The average Bonchev–Trinajstić information content (AvgIpc) is 2.34. The van der Waals surface area contributed by atoms with E-state index in [1.54, 1.807) is 31.2 Å². The Morgan fingerprint density at radius 1 is 1.11 bits per heavy atom. The zero-order valence-corrected chi connectivity index (χ0v) is 11.3. The minimum Gasteiger partial charge on any atom is -0.300 e. The zero-order chi connectivity index (χ0) is 13.5. The summed E-state index contributed by atoms with van der Waals surface area (Å²) in [7, 11) is 0. The maximum atomic E-state index is 10.7. The SMILES string of the molecule is CC(=O)CCCC/C=C\C#CC#C/C=C\C=C/Cl. The third-order valence-corrected chi connectivity index (χ3v) is 2.07. The standard InChI is InChI=1S/C16H17ClO/c1-16(18)14-12-10-8-6-4-2-3-5-7-9-11-13-15-17/h4,6,9,11,13,15H,8,10,12,14H2,1H3/b6-4-,11-9-,15-13-. The van der Waals surface area contributed by atoms with Crippen LogP contribution in [0, 0.1) is 23.7 Å². The van der Waals surface area contributed by atoms with Gasteiger partial charge in [-0.05, 0) is 50.2 Å². The normalized spacial score (nSPS) is 10.3.